The van der Waals surface area contributed by atoms with Crippen LogP contribution in [0, 0.1) is 5.92 Å². The van der Waals surface area contributed by atoms with Crippen LogP contribution in [-0.4, -0.2) is 35.4 Å². The molecule has 118 valence electrons. The van der Waals surface area contributed by atoms with Crippen molar-refractivity contribution in [3.8, 4) is 0 Å². The predicted molar refractivity (Wildman–Crippen MR) is 91.0 cm³/mol. The average molecular weight is 317 g/mol. The number of carbonyl (C=O) groups excluding carboxylic acids is 1. The summed E-state index contributed by atoms with van der Waals surface area (Å²) in [7, 11) is 1.98. The van der Waals surface area contributed by atoms with Gasteiger partial charge in [-0.1, -0.05) is 12.1 Å². The van der Waals surface area contributed by atoms with Crippen molar-refractivity contribution in [2.75, 3.05) is 13.6 Å². The van der Waals surface area contributed by atoms with Crippen molar-refractivity contribution in [3.05, 3.63) is 29.3 Å². The maximum absolute atomic E-state index is 12.1. The number of hydrogen-bond donors (Lipinski definition) is 1. The first-order valence-electron chi connectivity index (χ1n) is 7.89. The summed E-state index contributed by atoms with van der Waals surface area (Å²) in [4.78, 5) is 18.9. The summed E-state index contributed by atoms with van der Waals surface area (Å²) in [6, 6.07) is 8.61. The molecule has 0 aliphatic heterocycles. The third kappa shape index (κ3) is 3.47. The van der Waals surface area contributed by atoms with Crippen molar-refractivity contribution in [1.82, 2.24) is 15.2 Å². The minimum Gasteiger partial charge on any atom is -0.352 e. The molecule has 1 heterocycles. The monoisotopic (exact) mass is 317 g/mol. The molecule has 1 fully saturated rings. The molecule has 1 aromatic heterocycles. The Morgan fingerprint density at radius 3 is 2.82 bits per heavy atom. The Labute approximate surface area is 135 Å². The standard InChI is InChI=1S/C17H23N3OS/c1-11(13-8-9-13)18-16(21)10-20(3)12(2)17-19-14-6-4-5-7-15(14)22-17/h4-7,11-13H,8-10H2,1-3H3,(H,18,21)/t11-,12-/m0/s1. The van der Waals surface area contributed by atoms with Crippen LogP contribution in [0.25, 0.3) is 10.2 Å². The van der Waals surface area contributed by atoms with Gasteiger partial charge in [0, 0.05) is 6.04 Å². The number of carbonyl (C=O) groups is 1. The number of nitrogens with zero attached hydrogens (tertiary/aromatic N) is 2. The summed E-state index contributed by atoms with van der Waals surface area (Å²) in [5, 5.41) is 4.17. The molecule has 0 unspecified atom stereocenters. The Morgan fingerprint density at radius 1 is 1.41 bits per heavy atom. The quantitative estimate of drug-likeness (QED) is 0.890. The summed E-state index contributed by atoms with van der Waals surface area (Å²) >= 11 is 1.71. The van der Waals surface area contributed by atoms with Gasteiger partial charge in [0.05, 0.1) is 22.8 Å². The summed E-state index contributed by atoms with van der Waals surface area (Å²) in [6.45, 7) is 4.62. The third-order valence-corrected chi connectivity index (χ3v) is 5.65. The molecule has 1 aliphatic rings. The minimum atomic E-state index is 0.106. The minimum absolute atomic E-state index is 0.106. The van der Waals surface area contributed by atoms with E-state index in [0.29, 0.717) is 18.5 Å². The van der Waals surface area contributed by atoms with E-state index in [0.717, 1.165) is 10.5 Å². The van der Waals surface area contributed by atoms with E-state index in [4.69, 9.17) is 0 Å². The fourth-order valence-corrected chi connectivity index (χ4v) is 3.72. The number of fused-ring (bicyclic) bond motifs is 1. The first-order chi connectivity index (χ1) is 10.5. The molecule has 0 saturated heterocycles. The highest BCUT2D eigenvalue weighted by Gasteiger charge is 2.29. The molecule has 3 rings (SSSR count). The van der Waals surface area contributed by atoms with Gasteiger partial charge in [0.25, 0.3) is 0 Å². The number of aromatic nitrogens is 1. The number of thiazole rings is 1. The molecular formula is C17H23N3OS. The second-order valence-corrected chi connectivity index (χ2v) is 7.37. The van der Waals surface area contributed by atoms with Gasteiger partial charge in [0.15, 0.2) is 0 Å². The molecule has 1 aliphatic carbocycles. The van der Waals surface area contributed by atoms with Crippen LogP contribution in [-0.2, 0) is 4.79 Å². The summed E-state index contributed by atoms with van der Waals surface area (Å²) in [5.74, 6) is 0.797. The zero-order valence-corrected chi connectivity index (χ0v) is 14.2. The Kier molecular flexibility index (Phi) is 4.45. The fraction of sp³-hybridized carbons (Fsp3) is 0.529. The van der Waals surface area contributed by atoms with E-state index in [1.165, 1.54) is 17.5 Å². The molecule has 0 spiro atoms. The van der Waals surface area contributed by atoms with E-state index in [9.17, 15) is 4.79 Å². The molecule has 0 bridgehead atoms. The predicted octanol–water partition coefficient (Wildman–Crippen LogP) is 3.20. The van der Waals surface area contributed by atoms with Crippen molar-refractivity contribution in [3.63, 3.8) is 0 Å². The Bertz CT molecular complexity index is 632. The lowest BCUT2D eigenvalue weighted by Gasteiger charge is -2.23. The van der Waals surface area contributed by atoms with Crippen molar-refractivity contribution in [1.29, 1.82) is 0 Å². The van der Waals surface area contributed by atoms with E-state index < -0.39 is 0 Å². The molecule has 5 heteroatoms. The molecule has 2 aromatic rings. The Morgan fingerprint density at radius 2 is 2.14 bits per heavy atom. The van der Waals surface area contributed by atoms with Crippen molar-refractivity contribution < 1.29 is 4.79 Å². The average Bonchev–Trinajstić information content (AvgIpc) is 3.25. The number of amides is 1. The lowest BCUT2D eigenvalue weighted by Crippen LogP contribution is -2.41. The van der Waals surface area contributed by atoms with Crippen LogP contribution in [0.4, 0.5) is 0 Å². The van der Waals surface area contributed by atoms with Gasteiger partial charge in [-0.15, -0.1) is 11.3 Å². The molecular weight excluding hydrogens is 294 g/mol. The zero-order valence-electron chi connectivity index (χ0n) is 13.4. The van der Waals surface area contributed by atoms with Gasteiger partial charge >= 0.3 is 0 Å². The zero-order chi connectivity index (χ0) is 15.7. The van der Waals surface area contributed by atoms with Gasteiger partial charge in [0.1, 0.15) is 5.01 Å². The molecule has 0 radical (unpaired) electrons. The van der Waals surface area contributed by atoms with Crippen LogP contribution in [0.2, 0.25) is 0 Å². The molecule has 2 atom stereocenters. The third-order valence-electron chi connectivity index (χ3n) is 4.44. The molecule has 4 nitrogen and oxygen atoms in total. The molecule has 1 amide bonds. The van der Waals surface area contributed by atoms with Crippen LogP contribution in [0.1, 0.15) is 37.7 Å². The highest BCUT2D eigenvalue weighted by Crippen LogP contribution is 2.32. The normalized spacial score (nSPS) is 17.6. The SMILES string of the molecule is C[C@H](NC(=O)CN(C)[C@@H](C)c1nc2ccccc2s1)C1CC1. The van der Waals surface area contributed by atoms with Crippen LogP contribution in [0.5, 0.6) is 0 Å². The first kappa shape index (κ1) is 15.4. The van der Waals surface area contributed by atoms with Crippen molar-refractivity contribution >= 4 is 27.5 Å². The molecule has 1 saturated carbocycles. The van der Waals surface area contributed by atoms with Gasteiger partial charge in [-0.25, -0.2) is 4.98 Å². The fourth-order valence-electron chi connectivity index (χ4n) is 2.63. The van der Waals surface area contributed by atoms with E-state index in [1.807, 2.05) is 25.2 Å². The van der Waals surface area contributed by atoms with Gasteiger partial charge < -0.3 is 5.32 Å². The molecule has 1 aromatic carbocycles. The maximum atomic E-state index is 12.1. The maximum Gasteiger partial charge on any atom is 0.234 e. The van der Waals surface area contributed by atoms with E-state index in [-0.39, 0.29) is 11.9 Å². The highest BCUT2D eigenvalue weighted by atomic mass is 32.1. The smallest absolute Gasteiger partial charge is 0.234 e. The second-order valence-electron chi connectivity index (χ2n) is 6.30. The van der Waals surface area contributed by atoms with Gasteiger partial charge in [-0.2, -0.15) is 0 Å². The van der Waals surface area contributed by atoms with Gasteiger partial charge in [-0.3, -0.25) is 9.69 Å². The number of benzene rings is 1. The van der Waals surface area contributed by atoms with Crippen molar-refractivity contribution in [2.45, 2.75) is 38.8 Å². The first-order valence-corrected chi connectivity index (χ1v) is 8.71. The van der Waals surface area contributed by atoms with Gasteiger partial charge in [0.2, 0.25) is 5.91 Å². The topological polar surface area (TPSA) is 45.2 Å². The van der Waals surface area contributed by atoms with Crippen molar-refractivity contribution in [2.24, 2.45) is 5.92 Å². The molecule has 22 heavy (non-hydrogen) atoms. The van der Waals surface area contributed by atoms with Crippen LogP contribution in [0.15, 0.2) is 24.3 Å². The Balaban J connectivity index is 1.60. The largest absolute Gasteiger partial charge is 0.352 e. The summed E-state index contributed by atoms with van der Waals surface area (Å²) in [6.07, 6.45) is 2.50. The van der Waals surface area contributed by atoms with Crippen LogP contribution < -0.4 is 5.32 Å². The molecule has 1 N–H and O–H groups in total. The van der Waals surface area contributed by atoms with Crippen LogP contribution >= 0.6 is 11.3 Å². The second kappa shape index (κ2) is 6.34. The number of rotatable bonds is 6. The highest BCUT2D eigenvalue weighted by molar-refractivity contribution is 7.18. The lowest BCUT2D eigenvalue weighted by atomic mass is 10.2. The van der Waals surface area contributed by atoms with Gasteiger partial charge in [-0.05, 0) is 51.8 Å². The summed E-state index contributed by atoms with van der Waals surface area (Å²) in [5.41, 5.74) is 1.04. The van der Waals surface area contributed by atoms with E-state index in [1.54, 1.807) is 11.3 Å². The van der Waals surface area contributed by atoms with Crippen LogP contribution in [0.3, 0.4) is 0 Å². The Hall–Kier alpha value is -1.46. The number of hydrogen-bond acceptors (Lipinski definition) is 4. The lowest BCUT2D eigenvalue weighted by molar-refractivity contribution is -0.123. The number of para-hydroxylation sites is 1. The number of likely N-dealkylation sites (N-methyl/N-ethyl adjacent to an activating group) is 1. The van der Waals surface area contributed by atoms with E-state index in [2.05, 4.69) is 35.1 Å². The van der Waals surface area contributed by atoms with E-state index >= 15 is 0 Å². The summed E-state index contributed by atoms with van der Waals surface area (Å²) < 4.78 is 1.20. The number of nitrogens with one attached hydrogen (secondary N) is 1.